The molecule has 3 heteroatoms. The van der Waals surface area contributed by atoms with E-state index in [0.29, 0.717) is 0 Å². The van der Waals surface area contributed by atoms with Crippen LogP contribution in [0.1, 0.15) is 0 Å². The van der Waals surface area contributed by atoms with E-state index < -0.39 is 0 Å². The van der Waals surface area contributed by atoms with E-state index in [1.807, 2.05) is 7.05 Å². The Morgan fingerprint density at radius 3 is 2.86 bits per heavy atom. The molecule has 1 aliphatic heterocycles. The summed E-state index contributed by atoms with van der Waals surface area (Å²) in [5, 5.41) is 0. The average Bonchev–Trinajstić information content (AvgIpc) is 1.87. The van der Waals surface area contributed by atoms with E-state index >= 15 is 0 Å². The first-order chi connectivity index (χ1) is 3.29. The van der Waals surface area contributed by atoms with E-state index in [9.17, 15) is 0 Å². The highest BCUT2D eigenvalue weighted by molar-refractivity contribution is 6.22. The fraction of sp³-hybridized carbons (Fsp3) is 0.500. The van der Waals surface area contributed by atoms with Gasteiger partial charge in [-0.1, -0.05) is 11.6 Å². The second-order valence-electron chi connectivity index (χ2n) is 1.34. The van der Waals surface area contributed by atoms with Crippen molar-refractivity contribution in [1.82, 2.24) is 4.90 Å². The highest BCUT2D eigenvalue weighted by atomic mass is 35.5. The lowest BCUT2D eigenvalue weighted by Crippen LogP contribution is -2.08. The van der Waals surface area contributed by atoms with Gasteiger partial charge in [-0.15, -0.1) is 0 Å². The third kappa shape index (κ3) is 1.06. The molecule has 7 heavy (non-hydrogen) atoms. The SMILES string of the molecule is CN1[C]C(Cl)N=C1. The van der Waals surface area contributed by atoms with Crippen LogP contribution < -0.4 is 0 Å². The van der Waals surface area contributed by atoms with Crippen LogP contribution in [-0.4, -0.2) is 23.8 Å². The van der Waals surface area contributed by atoms with E-state index in [1.54, 1.807) is 11.2 Å². The Morgan fingerprint density at radius 1 is 2.00 bits per heavy atom. The smallest absolute Gasteiger partial charge is 0.153 e. The summed E-state index contributed by atoms with van der Waals surface area (Å²) in [6, 6.07) is 0. The van der Waals surface area contributed by atoms with Crippen molar-refractivity contribution in [2.75, 3.05) is 7.05 Å². The molecule has 0 saturated carbocycles. The molecule has 0 saturated heterocycles. The van der Waals surface area contributed by atoms with Crippen molar-refractivity contribution in [1.29, 1.82) is 0 Å². The number of nitrogens with zero attached hydrogens (tertiary/aromatic N) is 2. The molecule has 38 valence electrons. The second kappa shape index (κ2) is 1.70. The molecular weight excluding hydrogens is 112 g/mol. The summed E-state index contributed by atoms with van der Waals surface area (Å²) in [5.41, 5.74) is -0.259. The van der Waals surface area contributed by atoms with Crippen LogP contribution in [0.25, 0.3) is 0 Å². The minimum Gasteiger partial charge on any atom is -0.352 e. The number of aliphatic imine (C=N–C) groups is 1. The molecule has 0 N–H and O–H groups in total. The van der Waals surface area contributed by atoms with Crippen LogP contribution in [0.3, 0.4) is 0 Å². The molecular formula is C4H5ClN2. The quantitative estimate of drug-likeness (QED) is 0.334. The van der Waals surface area contributed by atoms with Crippen molar-refractivity contribution in [3.8, 4) is 0 Å². The van der Waals surface area contributed by atoms with Crippen LogP contribution in [0.4, 0.5) is 0 Å². The van der Waals surface area contributed by atoms with Crippen molar-refractivity contribution in [3.63, 3.8) is 0 Å². The molecule has 0 fully saturated rings. The fourth-order valence-electron chi connectivity index (χ4n) is 0.393. The molecule has 1 unspecified atom stereocenters. The van der Waals surface area contributed by atoms with Gasteiger partial charge in [-0.05, 0) is 0 Å². The predicted molar refractivity (Wildman–Crippen MR) is 29.1 cm³/mol. The topological polar surface area (TPSA) is 15.6 Å². The monoisotopic (exact) mass is 116 g/mol. The van der Waals surface area contributed by atoms with Gasteiger partial charge in [0.15, 0.2) is 5.50 Å². The molecule has 0 aromatic heterocycles. The number of hydrogen-bond acceptors (Lipinski definition) is 2. The summed E-state index contributed by atoms with van der Waals surface area (Å²) in [7, 11) is 1.84. The minimum absolute atomic E-state index is 0.259. The van der Waals surface area contributed by atoms with E-state index in [0.717, 1.165) is 0 Å². The van der Waals surface area contributed by atoms with Crippen LogP contribution in [0.15, 0.2) is 4.99 Å². The van der Waals surface area contributed by atoms with Gasteiger partial charge >= 0.3 is 0 Å². The molecule has 1 rings (SSSR count). The van der Waals surface area contributed by atoms with Gasteiger partial charge in [-0.3, -0.25) is 4.99 Å². The molecule has 0 aliphatic carbocycles. The summed E-state index contributed by atoms with van der Waals surface area (Å²) in [6.07, 6.45) is 1.64. The number of likely N-dealkylation sites (N-methyl/N-ethyl adjacent to an activating group) is 1. The minimum atomic E-state index is -0.259. The first-order valence-corrected chi connectivity index (χ1v) is 2.39. The van der Waals surface area contributed by atoms with E-state index in [2.05, 4.69) is 11.5 Å². The summed E-state index contributed by atoms with van der Waals surface area (Å²) >= 11 is 5.46. The lowest BCUT2D eigenvalue weighted by atomic mass is 10.6. The fourth-order valence-corrected chi connectivity index (χ4v) is 0.598. The summed E-state index contributed by atoms with van der Waals surface area (Å²) in [6.45, 7) is 2.79. The molecule has 0 amide bonds. The molecule has 0 aromatic rings. The summed E-state index contributed by atoms with van der Waals surface area (Å²) < 4.78 is 0. The third-order valence-corrected chi connectivity index (χ3v) is 0.891. The normalized spacial score (nSPS) is 29.4. The van der Waals surface area contributed by atoms with Crippen molar-refractivity contribution < 1.29 is 0 Å². The molecule has 2 nitrogen and oxygen atoms in total. The zero-order chi connectivity index (χ0) is 5.28. The zero-order valence-electron chi connectivity index (χ0n) is 3.93. The van der Waals surface area contributed by atoms with Crippen LogP contribution in [0, 0.1) is 6.54 Å². The van der Waals surface area contributed by atoms with Crippen molar-refractivity contribution in [2.45, 2.75) is 5.50 Å². The van der Waals surface area contributed by atoms with Gasteiger partial charge in [-0.2, -0.15) is 0 Å². The highest BCUT2D eigenvalue weighted by Crippen LogP contribution is 2.08. The maximum atomic E-state index is 5.46. The number of hydrogen-bond donors (Lipinski definition) is 0. The molecule has 2 radical (unpaired) electrons. The van der Waals surface area contributed by atoms with Crippen molar-refractivity contribution >= 4 is 17.9 Å². The highest BCUT2D eigenvalue weighted by Gasteiger charge is 2.10. The van der Waals surface area contributed by atoms with Crippen molar-refractivity contribution in [2.24, 2.45) is 4.99 Å². The van der Waals surface area contributed by atoms with Gasteiger partial charge in [0.05, 0.1) is 6.34 Å². The number of rotatable bonds is 0. The third-order valence-electron chi connectivity index (χ3n) is 0.681. The van der Waals surface area contributed by atoms with Gasteiger partial charge < -0.3 is 4.90 Å². The Morgan fingerprint density at radius 2 is 2.71 bits per heavy atom. The van der Waals surface area contributed by atoms with Crippen LogP contribution in [0.2, 0.25) is 0 Å². The van der Waals surface area contributed by atoms with Crippen LogP contribution in [-0.2, 0) is 0 Å². The Kier molecular flexibility index (Phi) is 1.19. The molecule has 1 heterocycles. The van der Waals surface area contributed by atoms with Gasteiger partial charge in [0.1, 0.15) is 6.54 Å². The van der Waals surface area contributed by atoms with E-state index in [4.69, 9.17) is 11.6 Å². The second-order valence-corrected chi connectivity index (χ2v) is 1.75. The maximum Gasteiger partial charge on any atom is 0.153 e. The van der Waals surface area contributed by atoms with Crippen LogP contribution in [0.5, 0.6) is 0 Å². The van der Waals surface area contributed by atoms with Gasteiger partial charge in [0.25, 0.3) is 0 Å². The average molecular weight is 117 g/mol. The summed E-state index contributed by atoms with van der Waals surface area (Å²) in [5.74, 6) is 0. The Hall–Kier alpha value is -0.240. The summed E-state index contributed by atoms with van der Waals surface area (Å²) in [4.78, 5) is 5.48. The Labute approximate surface area is 47.8 Å². The maximum absolute atomic E-state index is 5.46. The van der Waals surface area contributed by atoms with Gasteiger partial charge in [0, 0.05) is 7.05 Å². The first kappa shape index (κ1) is 4.91. The Balaban J connectivity index is 2.42. The lowest BCUT2D eigenvalue weighted by Gasteiger charge is -2.00. The van der Waals surface area contributed by atoms with Crippen molar-refractivity contribution in [3.05, 3.63) is 6.54 Å². The molecule has 0 bridgehead atoms. The lowest BCUT2D eigenvalue weighted by molar-refractivity contribution is 0.645. The van der Waals surface area contributed by atoms with E-state index in [-0.39, 0.29) is 5.50 Å². The van der Waals surface area contributed by atoms with Gasteiger partial charge in [-0.25, -0.2) is 0 Å². The largest absolute Gasteiger partial charge is 0.352 e. The van der Waals surface area contributed by atoms with Gasteiger partial charge in [0.2, 0.25) is 0 Å². The first-order valence-electron chi connectivity index (χ1n) is 1.95. The number of alkyl halides is 1. The standard InChI is InChI=1S/C4H5ClN2/c1-7-2-4(5)6-3-7/h3-4H,1H3. The van der Waals surface area contributed by atoms with Crippen LogP contribution >= 0.6 is 11.6 Å². The Bertz CT molecular complexity index is 81.7. The molecule has 0 aromatic carbocycles. The zero-order valence-corrected chi connectivity index (χ0v) is 4.68. The molecule has 1 atom stereocenters. The molecule has 1 aliphatic rings. The predicted octanol–water partition coefficient (Wildman–Crippen LogP) is 0.564. The van der Waals surface area contributed by atoms with E-state index in [1.165, 1.54) is 0 Å². The molecule has 0 spiro atoms. The number of halogens is 1.